The van der Waals surface area contributed by atoms with Gasteiger partial charge in [0.2, 0.25) is 5.91 Å². The fourth-order valence-corrected chi connectivity index (χ4v) is 1.69. The van der Waals surface area contributed by atoms with Crippen LogP contribution in [0, 0.1) is 0 Å². The molecule has 0 saturated carbocycles. The SMILES string of the molecule is CCOC(=O)[C@](NCc1cccnc1)(NC(C)=O)C(F)(F)F. The van der Waals surface area contributed by atoms with Gasteiger partial charge in [0.05, 0.1) is 6.61 Å². The molecule has 1 aromatic rings. The van der Waals surface area contributed by atoms with Gasteiger partial charge < -0.3 is 10.1 Å². The average molecular weight is 319 g/mol. The van der Waals surface area contributed by atoms with Crippen LogP contribution in [0.15, 0.2) is 24.5 Å². The Balaban J connectivity index is 3.11. The highest BCUT2D eigenvalue weighted by Crippen LogP contribution is 2.30. The van der Waals surface area contributed by atoms with Gasteiger partial charge in [-0.2, -0.15) is 13.2 Å². The molecule has 1 heterocycles. The molecule has 9 heteroatoms. The second kappa shape index (κ2) is 7.21. The van der Waals surface area contributed by atoms with Gasteiger partial charge >= 0.3 is 12.1 Å². The number of amides is 1. The quantitative estimate of drug-likeness (QED) is 0.607. The summed E-state index contributed by atoms with van der Waals surface area (Å²) in [5, 5.41) is 3.65. The minimum Gasteiger partial charge on any atom is -0.463 e. The van der Waals surface area contributed by atoms with Crippen LogP contribution in [0.3, 0.4) is 0 Å². The zero-order valence-corrected chi connectivity index (χ0v) is 12.0. The molecule has 0 radical (unpaired) electrons. The van der Waals surface area contributed by atoms with E-state index in [1.54, 1.807) is 5.32 Å². The molecule has 0 fully saturated rings. The van der Waals surface area contributed by atoms with E-state index in [1.165, 1.54) is 31.5 Å². The summed E-state index contributed by atoms with van der Waals surface area (Å²) in [5.41, 5.74) is -2.91. The predicted octanol–water partition coefficient (Wildman–Crippen LogP) is 1.13. The molecule has 1 rings (SSSR count). The van der Waals surface area contributed by atoms with Gasteiger partial charge in [-0.1, -0.05) is 6.07 Å². The lowest BCUT2D eigenvalue weighted by Gasteiger charge is -2.34. The van der Waals surface area contributed by atoms with E-state index in [2.05, 4.69) is 9.72 Å². The number of hydrogen-bond acceptors (Lipinski definition) is 5. The number of pyridine rings is 1. The largest absolute Gasteiger partial charge is 0.463 e. The molecule has 0 aliphatic heterocycles. The predicted molar refractivity (Wildman–Crippen MR) is 70.3 cm³/mol. The van der Waals surface area contributed by atoms with E-state index < -0.39 is 23.7 Å². The van der Waals surface area contributed by atoms with Crippen molar-refractivity contribution in [2.45, 2.75) is 32.2 Å². The number of esters is 1. The van der Waals surface area contributed by atoms with Crippen molar-refractivity contribution >= 4 is 11.9 Å². The van der Waals surface area contributed by atoms with Crippen molar-refractivity contribution in [1.82, 2.24) is 15.6 Å². The van der Waals surface area contributed by atoms with Crippen molar-refractivity contribution in [3.05, 3.63) is 30.1 Å². The molecule has 2 N–H and O–H groups in total. The van der Waals surface area contributed by atoms with Gasteiger partial charge in [0.15, 0.2) is 0 Å². The van der Waals surface area contributed by atoms with E-state index in [4.69, 9.17) is 0 Å². The highest BCUT2D eigenvalue weighted by Gasteiger charge is 2.62. The van der Waals surface area contributed by atoms with E-state index in [1.807, 2.05) is 5.32 Å². The van der Waals surface area contributed by atoms with Gasteiger partial charge in [-0.15, -0.1) is 0 Å². The maximum Gasteiger partial charge on any atom is 0.436 e. The Kier molecular flexibility index (Phi) is 5.86. The van der Waals surface area contributed by atoms with E-state index in [9.17, 15) is 22.8 Å². The molecule has 22 heavy (non-hydrogen) atoms. The van der Waals surface area contributed by atoms with Gasteiger partial charge in [-0.25, -0.2) is 4.79 Å². The monoisotopic (exact) mass is 319 g/mol. The number of hydrogen-bond donors (Lipinski definition) is 2. The van der Waals surface area contributed by atoms with Crippen LogP contribution >= 0.6 is 0 Å². The molecule has 0 spiro atoms. The third-order valence-corrected chi connectivity index (χ3v) is 2.65. The first-order valence-electron chi connectivity index (χ1n) is 6.39. The van der Waals surface area contributed by atoms with Crippen LogP contribution < -0.4 is 10.6 Å². The molecule has 0 aliphatic rings. The van der Waals surface area contributed by atoms with Crippen molar-refractivity contribution in [3.8, 4) is 0 Å². The molecular formula is C13H16F3N3O3. The van der Waals surface area contributed by atoms with Crippen molar-refractivity contribution in [3.63, 3.8) is 0 Å². The van der Waals surface area contributed by atoms with Crippen molar-refractivity contribution < 1.29 is 27.5 Å². The topological polar surface area (TPSA) is 80.3 Å². The Hall–Kier alpha value is -2.16. The number of nitrogens with zero attached hydrogens (tertiary/aromatic N) is 1. The summed E-state index contributed by atoms with van der Waals surface area (Å²) in [6, 6.07) is 3.06. The number of rotatable bonds is 6. The summed E-state index contributed by atoms with van der Waals surface area (Å²) in [5.74, 6) is -2.65. The Morgan fingerprint density at radius 2 is 2.05 bits per heavy atom. The third-order valence-electron chi connectivity index (χ3n) is 2.65. The average Bonchev–Trinajstić information content (AvgIpc) is 2.43. The number of carbonyl (C=O) groups is 2. The second-order valence-corrected chi connectivity index (χ2v) is 4.36. The third kappa shape index (κ3) is 4.17. The molecule has 0 unspecified atom stereocenters. The van der Waals surface area contributed by atoms with Crippen molar-refractivity contribution in [1.29, 1.82) is 0 Å². The van der Waals surface area contributed by atoms with Crippen LogP contribution in [0.1, 0.15) is 19.4 Å². The fraction of sp³-hybridized carbons (Fsp3) is 0.462. The zero-order valence-electron chi connectivity index (χ0n) is 12.0. The first-order chi connectivity index (χ1) is 10.2. The van der Waals surface area contributed by atoms with Gasteiger partial charge in [0.25, 0.3) is 5.66 Å². The van der Waals surface area contributed by atoms with Gasteiger partial charge in [-0.05, 0) is 18.6 Å². The standard InChI is InChI=1S/C13H16F3N3O3/c1-3-22-11(21)12(13(14,15)16,19-9(2)20)18-8-10-5-4-6-17-7-10/h4-7,18H,3,8H2,1-2H3,(H,19,20)/t12-/m0/s1. The first kappa shape index (κ1) is 17.9. The Morgan fingerprint density at radius 1 is 1.36 bits per heavy atom. The number of aromatic nitrogens is 1. The summed E-state index contributed by atoms with van der Waals surface area (Å²) < 4.78 is 44.7. The maximum absolute atomic E-state index is 13.4. The van der Waals surface area contributed by atoms with Gasteiger partial charge in [-0.3, -0.25) is 15.1 Å². The molecule has 1 atom stereocenters. The first-order valence-corrected chi connectivity index (χ1v) is 6.39. The second-order valence-electron chi connectivity index (χ2n) is 4.36. The Labute approximate surface area is 125 Å². The van der Waals surface area contributed by atoms with E-state index in [-0.39, 0.29) is 13.2 Å². The number of halogens is 3. The molecule has 0 aliphatic carbocycles. The molecule has 0 saturated heterocycles. The van der Waals surface area contributed by atoms with Crippen LogP contribution in [0.4, 0.5) is 13.2 Å². The number of alkyl halides is 3. The lowest BCUT2D eigenvalue weighted by atomic mass is 10.1. The van der Waals surface area contributed by atoms with E-state index in [0.29, 0.717) is 5.56 Å². The number of carbonyl (C=O) groups excluding carboxylic acids is 2. The lowest BCUT2D eigenvalue weighted by molar-refractivity contribution is -0.221. The summed E-state index contributed by atoms with van der Waals surface area (Å²) in [6.45, 7) is 1.65. The Morgan fingerprint density at radius 3 is 2.50 bits per heavy atom. The number of ether oxygens (including phenoxy) is 1. The molecule has 6 nitrogen and oxygen atoms in total. The smallest absolute Gasteiger partial charge is 0.436 e. The van der Waals surface area contributed by atoms with Crippen LogP contribution in [0.5, 0.6) is 0 Å². The highest BCUT2D eigenvalue weighted by molar-refractivity contribution is 5.87. The van der Waals surface area contributed by atoms with Crippen LogP contribution in [0.2, 0.25) is 0 Å². The van der Waals surface area contributed by atoms with Gasteiger partial charge in [0, 0.05) is 25.9 Å². The fourth-order valence-electron chi connectivity index (χ4n) is 1.69. The zero-order chi connectivity index (χ0) is 16.8. The molecule has 0 bridgehead atoms. The highest BCUT2D eigenvalue weighted by atomic mass is 19.4. The van der Waals surface area contributed by atoms with Crippen molar-refractivity contribution in [2.75, 3.05) is 6.61 Å². The summed E-state index contributed by atoms with van der Waals surface area (Å²) in [7, 11) is 0. The Bertz CT molecular complexity index is 522. The number of nitrogens with one attached hydrogen (secondary N) is 2. The molecule has 0 aromatic carbocycles. The van der Waals surface area contributed by atoms with E-state index >= 15 is 0 Å². The summed E-state index contributed by atoms with van der Waals surface area (Å²) in [4.78, 5) is 26.8. The minimum absolute atomic E-state index is 0.259. The molecule has 122 valence electrons. The summed E-state index contributed by atoms with van der Waals surface area (Å²) in [6.07, 6.45) is -2.29. The molecule has 1 aromatic heterocycles. The lowest BCUT2D eigenvalue weighted by Crippen LogP contribution is -2.72. The van der Waals surface area contributed by atoms with Crippen molar-refractivity contribution in [2.24, 2.45) is 0 Å². The van der Waals surface area contributed by atoms with Crippen LogP contribution in [-0.2, 0) is 20.9 Å². The maximum atomic E-state index is 13.4. The summed E-state index contributed by atoms with van der Waals surface area (Å²) >= 11 is 0. The van der Waals surface area contributed by atoms with E-state index in [0.717, 1.165) is 6.92 Å². The van der Waals surface area contributed by atoms with Crippen LogP contribution in [0.25, 0.3) is 0 Å². The van der Waals surface area contributed by atoms with Crippen LogP contribution in [-0.4, -0.2) is 35.3 Å². The molecule has 1 amide bonds. The minimum atomic E-state index is -5.09. The normalized spacial score (nSPS) is 14.0. The molecular weight excluding hydrogens is 303 g/mol. The van der Waals surface area contributed by atoms with Gasteiger partial charge in [0.1, 0.15) is 0 Å².